The first kappa shape index (κ1) is 25.9. The molecule has 0 amide bonds. The molecule has 5 aromatic rings. The lowest BCUT2D eigenvalue weighted by molar-refractivity contribution is 0.601. The van der Waals surface area contributed by atoms with Crippen molar-refractivity contribution < 1.29 is 8.42 Å². The molecular formula is C27H20Cl2N2O3S3. The van der Waals surface area contributed by atoms with Crippen LogP contribution in [0.5, 0.6) is 0 Å². The van der Waals surface area contributed by atoms with Gasteiger partial charge in [0.05, 0.1) is 27.3 Å². The Hall–Kier alpha value is -2.75. The summed E-state index contributed by atoms with van der Waals surface area (Å²) in [7, 11) is -3.88. The van der Waals surface area contributed by atoms with E-state index in [9.17, 15) is 13.2 Å². The van der Waals surface area contributed by atoms with E-state index in [0.29, 0.717) is 38.2 Å². The molecule has 0 spiro atoms. The third-order valence-electron chi connectivity index (χ3n) is 5.64. The first-order valence-electron chi connectivity index (χ1n) is 11.2. The monoisotopic (exact) mass is 586 g/mol. The van der Waals surface area contributed by atoms with E-state index >= 15 is 0 Å². The van der Waals surface area contributed by atoms with E-state index in [1.54, 1.807) is 41.0 Å². The van der Waals surface area contributed by atoms with Crippen LogP contribution >= 0.6 is 46.3 Å². The SMILES string of the molecule is O=c1sc2cc(S(=O)(=O)Nc3ccccc3SCc3ccc(Cl)cc3)ccc2n1Cc1ccc(Cl)cc1. The Bertz CT molecular complexity index is 1730. The van der Waals surface area contributed by atoms with Crippen LogP contribution < -0.4 is 9.60 Å². The fraction of sp³-hybridized carbons (Fsp3) is 0.0741. The minimum atomic E-state index is -3.88. The van der Waals surface area contributed by atoms with Gasteiger partial charge in [-0.1, -0.05) is 70.9 Å². The molecule has 10 heteroatoms. The Labute approximate surface area is 232 Å². The van der Waals surface area contributed by atoms with Crippen molar-refractivity contribution in [2.75, 3.05) is 4.72 Å². The molecule has 0 unspecified atom stereocenters. The van der Waals surface area contributed by atoms with E-state index in [1.165, 1.54) is 17.8 Å². The van der Waals surface area contributed by atoms with Crippen molar-refractivity contribution in [3.8, 4) is 0 Å². The van der Waals surface area contributed by atoms with Crippen molar-refractivity contribution in [2.45, 2.75) is 22.1 Å². The normalized spacial score (nSPS) is 11.6. The lowest BCUT2D eigenvalue weighted by Gasteiger charge is -2.13. The van der Waals surface area contributed by atoms with Gasteiger partial charge in [0, 0.05) is 20.7 Å². The molecule has 0 fully saturated rings. The highest BCUT2D eigenvalue weighted by molar-refractivity contribution is 7.98. The largest absolute Gasteiger partial charge is 0.308 e. The minimum Gasteiger partial charge on any atom is -0.294 e. The predicted molar refractivity (Wildman–Crippen MR) is 155 cm³/mol. The van der Waals surface area contributed by atoms with Crippen molar-refractivity contribution in [3.63, 3.8) is 0 Å². The van der Waals surface area contributed by atoms with Gasteiger partial charge < -0.3 is 0 Å². The van der Waals surface area contributed by atoms with Gasteiger partial charge in [-0.15, -0.1) is 11.8 Å². The summed E-state index contributed by atoms with van der Waals surface area (Å²) in [6.45, 7) is 0.374. The third kappa shape index (κ3) is 6.05. The van der Waals surface area contributed by atoms with Crippen LogP contribution in [0.3, 0.4) is 0 Å². The van der Waals surface area contributed by atoms with Gasteiger partial charge in [0.15, 0.2) is 0 Å². The van der Waals surface area contributed by atoms with Crippen LogP contribution in [0.15, 0.2) is 106 Å². The van der Waals surface area contributed by atoms with Crippen LogP contribution in [0, 0.1) is 0 Å². The first-order chi connectivity index (χ1) is 17.8. The number of nitrogens with one attached hydrogen (secondary N) is 1. The highest BCUT2D eigenvalue weighted by atomic mass is 35.5. The van der Waals surface area contributed by atoms with Gasteiger partial charge >= 0.3 is 4.87 Å². The summed E-state index contributed by atoms with van der Waals surface area (Å²) in [6.07, 6.45) is 0. The number of thioether (sulfide) groups is 1. The van der Waals surface area contributed by atoms with Crippen molar-refractivity contribution >= 4 is 72.2 Å². The Balaban J connectivity index is 1.38. The van der Waals surface area contributed by atoms with Gasteiger partial charge in [0.2, 0.25) is 0 Å². The molecule has 1 N–H and O–H groups in total. The Morgan fingerprint density at radius 1 is 0.838 bits per heavy atom. The van der Waals surface area contributed by atoms with Gasteiger partial charge in [0.25, 0.3) is 10.0 Å². The molecule has 0 atom stereocenters. The molecule has 0 radical (unpaired) electrons. The molecule has 0 saturated carbocycles. The lowest BCUT2D eigenvalue weighted by atomic mass is 10.2. The standard InChI is InChI=1S/C27H20Cl2N2O3S3/c28-20-9-5-18(6-10-20)16-31-24-14-13-22(15-26(24)36-27(31)32)37(33,34)30-23-3-1-2-4-25(23)35-17-19-7-11-21(29)12-8-19/h1-15,30H,16-17H2. The molecule has 0 aliphatic heterocycles. The maximum atomic E-state index is 13.3. The minimum absolute atomic E-state index is 0.0948. The number of fused-ring (bicyclic) bond motifs is 1. The zero-order valence-electron chi connectivity index (χ0n) is 19.2. The number of hydrogen-bond donors (Lipinski definition) is 1. The fourth-order valence-corrected chi connectivity index (χ4v) is 7.15. The van der Waals surface area contributed by atoms with Crippen LogP contribution in [0.25, 0.3) is 10.2 Å². The van der Waals surface area contributed by atoms with Crippen LogP contribution in [0.2, 0.25) is 10.0 Å². The van der Waals surface area contributed by atoms with E-state index in [-0.39, 0.29) is 9.77 Å². The van der Waals surface area contributed by atoms with Crippen LogP contribution in [0.4, 0.5) is 5.69 Å². The molecule has 0 saturated heterocycles. The summed E-state index contributed by atoms with van der Waals surface area (Å²) < 4.78 is 31.5. The summed E-state index contributed by atoms with van der Waals surface area (Å²) in [5.41, 5.74) is 3.19. The van der Waals surface area contributed by atoms with Crippen molar-refractivity contribution in [3.05, 3.63) is 122 Å². The Kier molecular flexibility index (Phi) is 7.65. The first-order valence-corrected chi connectivity index (χ1v) is 15.2. The number of rotatable bonds is 8. The van der Waals surface area contributed by atoms with E-state index < -0.39 is 10.0 Å². The van der Waals surface area contributed by atoms with Crippen LogP contribution in [-0.2, 0) is 22.3 Å². The number of benzene rings is 4. The van der Waals surface area contributed by atoms with Gasteiger partial charge in [-0.3, -0.25) is 14.1 Å². The molecular weight excluding hydrogens is 567 g/mol. The number of nitrogens with zero attached hydrogens (tertiary/aromatic N) is 1. The number of thiazole rings is 1. The van der Waals surface area contributed by atoms with E-state index in [2.05, 4.69) is 4.72 Å². The third-order valence-corrected chi connectivity index (χ3v) is 9.60. The molecule has 4 aromatic carbocycles. The maximum Gasteiger partial charge on any atom is 0.308 e. The van der Waals surface area contributed by atoms with E-state index in [1.807, 2.05) is 48.5 Å². The number of hydrogen-bond acceptors (Lipinski definition) is 5. The van der Waals surface area contributed by atoms with Gasteiger partial charge in [-0.25, -0.2) is 8.42 Å². The number of anilines is 1. The number of sulfonamides is 1. The van der Waals surface area contributed by atoms with Crippen LogP contribution in [0.1, 0.15) is 11.1 Å². The predicted octanol–water partition coefficient (Wildman–Crippen LogP) is 7.51. The quantitative estimate of drug-likeness (QED) is 0.191. The number of aromatic nitrogens is 1. The van der Waals surface area contributed by atoms with Crippen molar-refractivity contribution in [1.82, 2.24) is 4.57 Å². The van der Waals surface area contributed by atoms with Gasteiger partial charge in [-0.2, -0.15) is 0 Å². The smallest absolute Gasteiger partial charge is 0.294 e. The van der Waals surface area contributed by atoms with E-state index in [4.69, 9.17) is 23.2 Å². The number of para-hydroxylation sites is 1. The van der Waals surface area contributed by atoms with Crippen molar-refractivity contribution in [2.24, 2.45) is 0 Å². The summed E-state index contributed by atoms with van der Waals surface area (Å²) in [6, 6.07) is 26.9. The summed E-state index contributed by atoms with van der Waals surface area (Å²) >= 11 is 14.5. The average molecular weight is 588 g/mol. The highest BCUT2D eigenvalue weighted by Crippen LogP contribution is 2.32. The summed E-state index contributed by atoms with van der Waals surface area (Å²) in [4.78, 5) is 13.4. The van der Waals surface area contributed by atoms with Gasteiger partial charge in [0.1, 0.15) is 0 Å². The molecule has 0 aliphatic rings. The molecule has 1 aromatic heterocycles. The molecule has 1 heterocycles. The Morgan fingerprint density at radius 2 is 1.49 bits per heavy atom. The number of halogens is 2. The van der Waals surface area contributed by atoms with Crippen molar-refractivity contribution in [1.29, 1.82) is 0 Å². The lowest BCUT2D eigenvalue weighted by Crippen LogP contribution is -2.14. The molecule has 37 heavy (non-hydrogen) atoms. The van der Waals surface area contributed by atoms with Crippen LogP contribution in [-0.4, -0.2) is 13.0 Å². The topological polar surface area (TPSA) is 68.2 Å². The second-order valence-corrected chi connectivity index (χ2v) is 12.8. The average Bonchev–Trinajstić information content (AvgIpc) is 3.19. The second kappa shape index (κ2) is 10.9. The highest BCUT2D eigenvalue weighted by Gasteiger charge is 2.19. The van der Waals surface area contributed by atoms with E-state index in [0.717, 1.165) is 27.4 Å². The summed E-state index contributed by atoms with van der Waals surface area (Å²) in [5.74, 6) is 0.664. The Morgan fingerprint density at radius 3 is 2.19 bits per heavy atom. The molecule has 188 valence electrons. The zero-order valence-corrected chi connectivity index (χ0v) is 23.2. The molecule has 5 rings (SSSR count). The zero-order chi connectivity index (χ0) is 26.0. The summed E-state index contributed by atoms with van der Waals surface area (Å²) in [5, 5.41) is 1.29. The second-order valence-electron chi connectivity index (χ2n) is 8.23. The van der Waals surface area contributed by atoms with Gasteiger partial charge in [-0.05, 0) is 65.7 Å². The maximum absolute atomic E-state index is 13.3. The molecule has 0 aliphatic carbocycles. The molecule has 0 bridgehead atoms. The molecule has 5 nitrogen and oxygen atoms in total. The fourth-order valence-electron chi connectivity index (χ4n) is 3.76.